The molecule has 0 saturated carbocycles. The first kappa shape index (κ1) is 9.16. The summed E-state index contributed by atoms with van der Waals surface area (Å²) in [5.41, 5.74) is 5.53. The second kappa shape index (κ2) is 3.65. The third kappa shape index (κ3) is 1.62. The molecule has 12 heavy (non-hydrogen) atoms. The van der Waals surface area contributed by atoms with Gasteiger partial charge in [-0.25, -0.2) is 0 Å². The van der Waals surface area contributed by atoms with Gasteiger partial charge in [0.15, 0.2) is 0 Å². The van der Waals surface area contributed by atoms with Gasteiger partial charge in [0.05, 0.1) is 0 Å². The maximum atomic E-state index is 8.52. The number of likely N-dealkylation sites (tertiary alicyclic amines) is 1. The second-order valence-corrected chi connectivity index (χ2v) is 3.61. The van der Waals surface area contributed by atoms with E-state index in [2.05, 4.69) is 19.0 Å². The molecule has 0 aromatic rings. The maximum absolute atomic E-state index is 8.52. The lowest BCUT2D eigenvalue weighted by Gasteiger charge is -2.27. The van der Waals surface area contributed by atoms with Gasteiger partial charge in [0.2, 0.25) is 5.96 Å². The number of nitrogens with zero attached hydrogens (tertiary/aromatic N) is 2. The fraction of sp³-hybridized carbons (Fsp3) is 0.875. The fourth-order valence-corrected chi connectivity index (χ4v) is 1.83. The van der Waals surface area contributed by atoms with Crippen LogP contribution in [0.4, 0.5) is 0 Å². The molecule has 0 radical (unpaired) electrons. The molecule has 4 nitrogen and oxygen atoms in total. The van der Waals surface area contributed by atoms with Gasteiger partial charge in [-0.05, 0) is 18.8 Å². The van der Waals surface area contributed by atoms with E-state index in [9.17, 15) is 0 Å². The van der Waals surface area contributed by atoms with Crippen LogP contribution in [0.15, 0.2) is 5.16 Å². The molecule has 1 fully saturated rings. The number of nitrogens with two attached hydrogens (primary N) is 1. The van der Waals surface area contributed by atoms with Crippen LogP contribution in [0.1, 0.15) is 26.7 Å². The summed E-state index contributed by atoms with van der Waals surface area (Å²) in [6, 6.07) is 0.445. The second-order valence-electron chi connectivity index (χ2n) is 3.61. The topological polar surface area (TPSA) is 61.8 Å². The lowest BCUT2D eigenvalue weighted by atomic mass is 10.0. The summed E-state index contributed by atoms with van der Waals surface area (Å²) in [5.74, 6) is 0.819. The van der Waals surface area contributed by atoms with E-state index in [-0.39, 0.29) is 5.96 Å². The van der Waals surface area contributed by atoms with Crippen molar-refractivity contribution in [2.45, 2.75) is 32.7 Å². The largest absolute Gasteiger partial charge is 0.408 e. The number of hydrogen-bond donors (Lipinski definition) is 2. The molecule has 4 heteroatoms. The quantitative estimate of drug-likeness (QED) is 0.265. The van der Waals surface area contributed by atoms with Crippen molar-refractivity contribution >= 4 is 5.96 Å². The Morgan fingerprint density at radius 1 is 1.67 bits per heavy atom. The van der Waals surface area contributed by atoms with Gasteiger partial charge in [0.25, 0.3) is 0 Å². The Bertz CT molecular complexity index is 179. The minimum atomic E-state index is 0.256. The molecule has 1 atom stereocenters. The van der Waals surface area contributed by atoms with Gasteiger partial charge < -0.3 is 15.8 Å². The van der Waals surface area contributed by atoms with Crippen LogP contribution in [-0.2, 0) is 0 Å². The van der Waals surface area contributed by atoms with Gasteiger partial charge in [-0.3, -0.25) is 0 Å². The van der Waals surface area contributed by atoms with Crippen molar-refractivity contribution in [2.24, 2.45) is 16.8 Å². The SMILES string of the molecule is CC(C)C1CCCN1/C(N)=N/O. The summed E-state index contributed by atoms with van der Waals surface area (Å²) in [7, 11) is 0. The van der Waals surface area contributed by atoms with Gasteiger partial charge in [0.1, 0.15) is 0 Å². The monoisotopic (exact) mass is 171 g/mol. The molecule has 1 rings (SSSR count). The van der Waals surface area contributed by atoms with E-state index in [0.717, 1.165) is 19.4 Å². The van der Waals surface area contributed by atoms with Gasteiger partial charge in [-0.2, -0.15) is 0 Å². The van der Waals surface area contributed by atoms with Crippen molar-refractivity contribution < 1.29 is 5.21 Å². The third-order valence-corrected chi connectivity index (χ3v) is 2.47. The summed E-state index contributed by atoms with van der Waals surface area (Å²) in [6.45, 7) is 5.24. The first-order valence-electron chi connectivity index (χ1n) is 4.41. The molecule has 0 spiro atoms. The van der Waals surface area contributed by atoms with Crippen LogP contribution in [-0.4, -0.2) is 28.7 Å². The van der Waals surface area contributed by atoms with Crippen molar-refractivity contribution in [3.8, 4) is 0 Å². The van der Waals surface area contributed by atoms with Crippen LogP contribution in [0.3, 0.4) is 0 Å². The predicted molar refractivity (Wildman–Crippen MR) is 48.0 cm³/mol. The summed E-state index contributed by atoms with van der Waals surface area (Å²) in [4.78, 5) is 1.98. The summed E-state index contributed by atoms with van der Waals surface area (Å²) >= 11 is 0. The van der Waals surface area contributed by atoms with Crippen molar-refractivity contribution in [3.05, 3.63) is 0 Å². The Balaban J connectivity index is 2.64. The first-order chi connectivity index (χ1) is 5.66. The number of hydrogen-bond acceptors (Lipinski definition) is 2. The Labute approximate surface area is 73.0 Å². The number of guanidine groups is 1. The smallest absolute Gasteiger partial charge is 0.233 e. The van der Waals surface area contributed by atoms with Crippen molar-refractivity contribution in [2.75, 3.05) is 6.54 Å². The minimum absolute atomic E-state index is 0.256. The van der Waals surface area contributed by atoms with E-state index < -0.39 is 0 Å². The third-order valence-electron chi connectivity index (χ3n) is 2.47. The normalized spacial score (nSPS) is 25.4. The molecule has 1 unspecified atom stereocenters. The van der Waals surface area contributed by atoms with E-state index in [4.69, 9.17) is 10.9 Å². The van der Waals surface area contributed by atoms with Gasteiger partial charge >= 0.3 is 0 Å². The van der Waals surface area contributed by atoms with Gasteiger partial charge in [-0.1, -0.05) is 19.0 Å². The van der Waals surface area contributed by atoms with Crippen molar-refractivity contribution in [3.63, 3.8) is 0 Å². The summed E-state index contributed by atoms with van der Waals surface area (Å²) in [5, 5.41) is 11.5. The molecule has 0 aromatic carbocycles. The molecule has 0 bridgehead atoms. The Kier molecular flexibility index (Phi) is 2.78. The molecule has 1 heterocycles. The summed E-state index contributed by atoms with van der Waals surface area (Å²) in [6.07, 6.45) is 2.28. The average molecular weight is 171 g/mol. The number of rotatable bonds is 1. The Morgan fingerprint density at radius 3 is 2.83 bits per heavy atom. The standard InChI is InChI=1S/C8H17N3O/c1-6(2)7-4-3-5-11(7)8(9)10-12/h6-7,12H,3-5H2,1-2H3,(H2,9,10). The Morgan fingerprint density at radius 2 is 2.33 bits per heavy atom. The molecule has 1 aliphatic rings. The molecular formula is C8H17N3O. The predicted octanol–water partition coefficient (Wildman–Crippen LogP) is 0.811. The first-order valence-corrected chi connectivity index (χ1v) is 4.41. The van der Waals surface area contributed by atoms with Crippen molar-refractivity contribution in [1.29, 1.82) is 0 Å². The number of oxime groups is 1. The van der Waals surface area contributed by atoms with Crippen LogP contribution in [0, 0.1) is 5.92 Å². The maximum Gasteiger partial charge on any atom is 0.233 e. The van der Waals surface area contributed by atoms with Crippen molar-refractivity contribution in [1.82, 2.24) is 4.90 Å². The van der Waals surface area contributed by atoms with E-state index >= 15 is 0 Å². The molecule has 1 aliphatic heterocycles. The van der Waals surface area contributed by atoms with E-state index in [1.807, 2.05) is 4.90 Å². The Hall–Kier alpha value is -0.930. The van der Waals surface area contributed by atoms with Crippen LogP contribution < -0.4 is 5.73 Å². The summed E-state index contributed by atoms with van der Waals surface area (Å²) < 4.78 is 0. The van der Waals surface area contributed by atoms with Crippen LogP contribution >= 0.6 is 0 Å². The van der Waals surface area contributed by atoms with Crippen LogP contribution in [0.2, 0.25) is 0 Å². The highest BCUT2D eigenvalue weighted by Gasteiger charge is 2.28. The molecule has 0 aliphatic carbocycles. The van der Waals surface area contributed by atoms with E-state index in [1.165, 1.54) is 0 Å². The van der Waals surface area contributed by atoms with E-state index in [1.54, 1.807) is 0 Å². The average Bonchev–Trinajstić information content (AvgIpc) is 2.50. The zero-order valence-electron chi connectivity index (χ0n) is 7.70. The lowest BCUT2D eigenvalue weighted by molar-refractivity contribution is 0.269. The molecule has 0 aromatic heterocycles. The van der Waals surface area contributed by atoms with Crippen LogP contribution in [0.25, 0.3) is 0 Å². The highest BCUT2D eigenvalue weighted by atomic mass is 16.4. The zero-order valence-corrected chi connectivity index (χ0v) is 7.70. The zero-order chi connectivity index (χ0) is 9.14. The van der Waals surface area contributed by atoms with Gasteiger partial charge in [-0.15, -0.1) is 0 Å². The minimum Gasteiger partial charge on any atom is -0.408 e. The highest BCUT2D eigenvalue weighted by molar-refractivity contribution is 5.78. The molecular weight excluding hydrogens is 154 g/mol. The van der Waals surface area contributed by atoms with Crippen LogP contribution in [0.5, 0.6) is 0 Å². The van der Waals surface area contributed by atoms with Gasteiger partial charge in [0, 0.05) is 12.6 Å². The molecule has 70 valence electrons. The molecule has 3 N–H and O–H groups in total. The molecule has 1 saturated heterocycles. The van der Waals surface area contributed by atoms with E-state index in [0.29, 0.717) is 12.0 Å². The lowest BCUT2D eigenvalue weighted by Crippen LogP contribution is -2.43. The molecule has 0 amide bonds. The highest BCUT2D eigenvalue weighted by Crippen LogP contribution is 2.22. The fourth-order valence-electron chi connectivity index (χ4n) is 1.83.